The number of amides is 2. The Morgan fingerprint density at radius 2 is 1.94 bits per heavy atom. The quantitative estimate of drug-likeness (QED) is 0.821. The van der Waals surface area contributed by atoms with Crippen LogP contribution in [-0.2, 0) is 6.42 Å². The van der Waals surface area contributed by atoms with Crippen LogP contribution in [0, 0.1) is 0 Å². The maximum atomic E-state index is 11.6. The number of nitrogens with zero attached hydrogens (tertiary/aromatic N) is 1. The summed E-state index contributed by atoms with van der Waals surface area (Å²) in [5, 5.41) is 12.4. The van der Waals surface area contributed by atoms with E-state index >= 15 is 0 Å². The molecule has 2 amide bonds. The largest absolute Gasteiger partial charge is 0.508 e. The van der Waals surface area contributed by atoms with E-state index in [2.05, 4.69) is 5.32 Å². The van der Waals surface area contributed by atoms with Crippen molar-refractivity contribution in [2.24, 2.45) is 0 Å². The van der Waals surface area contributed by atoms with Crippen LogP contribution < -0.4 is 5.32 Å². The number of phenols is 1. The zero-order valence-electron chi connectivity index (χ0n) is 10.4. The summed E-state index contributed by atoms with van der Waals surface area (Å²) in [5.41, 5.74) is 0.854. The molecule has 0 aliphatic carbocycles. The summed E-state index contributed by atoms with van der Waals surface area (Å²) in [7, 11) is 0. The number of hydrogen-bond donors (Lipinski definition) is 2. The Hall–Kier alpha value is -1.71. The topological polar surface area (TPSA) is 52.6 Å². The lowest BCUT2D eigenvalue weighted by Gasteiger charge is -2.19. The van der Waals surface area contributed by atoms with Crippen molar-refractivity contribution in [3.05, 3.63) is 29.8 Å². The molecule has 0 saturated heterocycles. The fraction of sp³-hybridized carbons (Fsp3) is 0.462. The van der Waals surface area contributed by atoms with Gasteiger partial charge in [-0.05, 0) is 31.9 Å². The van der Waals surface area contributed by atoms with Gasteiger partial charge in [0, 0.05) is 19.6 Å². The van der Waals surface area contributed by atoms with E-state index < -0.39 is 0 Å². The van der Waals surface area contributed by atoms with Gasteiger partial charge in [0.1, 0.15) is 5.75 Å². The molecule has 17 heavy (non-hydrogen) atoms. The number of rotatable bonds is 5. The van der Waals surface area contributed by atoms with Crippen LogP contribution in [0.4, 0.5) is 4.79 Å². The van der Waals surface area contributed by atoms with Crippen molar-refractivity contribution in [1.82, 2.24) is 10.2 Å². The standard InChI is InChI=1S/C13H20N2O2/c1-3-15(4-2)13(17)14-10-9-11-7-5-6-8-12(11)16/h5-8,16H,3-4,9-10H2,1-2H3,(H,14,17). The van der Waals surface area contributed by atoms with Crippen molar-refractivity contribution in [1.29, 1.82) is 0 Å². The lowest BCUT2D eigenvalue weighted by atomic mass is 10.1. The Morgan fingerprint density at radius 3 is 2.53 bits per heavy atom. The van der Waals surface area contributed by atoms with Gasteiger partial charge in [-0.1, -0.05) is 18.2 Å². The van der Waals surface area contributed by atoms with Gasteiger partial charge in [-0.3, -0.25) is 0 Å². The third-order valence-electron chi connectivity index (χ3n) is 2.71. The van der Waals surface area contributed by atoms with Crippen molar-refractivity contribution < 1.29 is 9.90 Å². The lowest BCUT2D eigenvalue weighted by Crippen LogP contribution is -2.40. The highest BCUT2D eigenvalue weighted by molar-refractivity contribution is 5.74. The van der Waals surface area contributed by atoms with E-state index in [1.807, 2.05) is 26.0 Å². The molecule has 0 aliphatic rings. The molecule has 0 aromatic heterocycles. The number of carbonyl (C=O) groups is 1. The first-order chi connectivity index (χ1) is 8.19. The third kappa shape index (κ3) is 3.98. The van der Waals surface area contributed by atoms with Crippen LogP contribution in [0.1, 0.15) is 19.4 Å². The number of urea groups is 1. The second-order valence-electron chi connectivity index (χ2n) is 3.78. The Bertz CT molecular complexity index is 362. The highest BCUT2D eigenvalue weighted by Crippen LogP contribution is 2.15. The smallest absolute Gasteiger partial charge is 0.317 e. The Kier molecular flexibility index (Phi) is 5.33. The van der Waals surface area contributed by atoms with Gasteiger partial charge in [-0.25, -0.2) is 4.79 Å². The van der Waals surface area contributed by atoms with Gasteiger partial charge in [-0.2, -0.15) is 0 Å². The Balaban J connectivity index is 2.38. The van der Waals surface area contributed by atoms with E-state index in [1.165, 1.54) is 0 Å². The number of carbonyl (C=O) groups excluding carboxylic acids is 1. The first kappa shape index (κ1) is 13.4. The number of benzene rings is 1. The van der Waals surface area contributed by atoms with Crippen LogP contribution in [-0.4, -0.2) is 35.7 Å². The number of para-hydroxylation sites is 1. The second kappa shape index (κ2) is 6.78. The van der Waals surface area contributed by atoms with Crippen molar-refractivity contribution in [2.45, 2.75) is 20.3 Å². The van der Waals surface area contributed by atoms with Gasteiger partial charge in [0.15, 0.2) is 0 Å². The average Bonchev–Trinajstić information content (AvgIpc) is 2.33. The molecule has 4 heteroatoms. The first-order valence-electron chi connectivity index (χ1n) is 5.98. The fourth-order valence-electron chi connectivity index (χ4n) is 1.65. The minimum atomic E-state index is -0.0505. The van der Waals surface area contributed by atoms with Crippen LogP contribution in [0.5, 0.6) is 5.75 Å². The number of nitrogens with one attached hydrogen (secondary N) is 1. The van der Waals surface area contributed by atoms with Gasteiger partial charge in [0.25, 0.3) is 0 Å². The molecule has 0 spiro atoms. The fourth-order valence-corrected chi connectivity index (χ4v) is 1.65. The van der Waals surface area contributed by atoms with Crippen molar-refractivity contribution in [3.63, 3.8) is 0 Å². The van der Waals surface area contributed by atoms with E-state index in [-0.39, 0.29) is 11.8 Å². The van der Waals surface area contributed by atoms with Gasteiger partial charge in [0.05, 0.1) is 0 Å². The summed E-state index contributed by atoms with van der Waals surface area (Å²) < 4.78 is 0. The molecule has 0 atom stereocenters. The summed E-state index contributed by atoms with van der Waals surface area (Å²) in [4.78, 5) is 13.4. The molecule has 4 nitrogen and oxygen atoms in total. The predicted molar refractivity (Wildman–Crippen MR) is 68.1 cm³/mol. The van der Waals surface area contributed by atoms with E-state index in [9.17, 15) is 9.90 Å². The molecule has 94 valence electrons. The molecule has 0 aliphatic heterocycles. The Labute approximate surface area is 102 Å². The molecule has 1 rings (SSSR count). The first-order valence-corrected chi connectivity index (χ1v) is 5.98. The zero-order valence-corrected chi connectivity index (χ0v) is 10.4. The highest BCUT2D eigenvalue weighted by Gasteiger charge is 2.08. The summed E-state index contributed by atoms with van der Waals surface area (Å²) in [6, 6.07) is 7.13. The molecule has 1 aromatic rings. The normalized spacial score (nSPS) is 10.0. The summed E-state index contributed by atoms with van der Waals surface area (Å²) in [6.45, 7) is 5.85. The number of hydrogen-bond acceptors (Lipinski definition) is 2. The molecule has 2 N–H and O–H groups in total. The molecular weight excluding hydrogens is 216 g/mol. The van der Waals surface area contributed by atoms with Crippen LogP contribution in [0.25, 0.3) is 0 Å². The van der Waals surface area contributed by atoms with Crippen LogP contribution in [0.3, 0.4) is 0 Å². The lowest BCUT2D eigenvalue weighted by molar-refractivity contribution is 0.203. The molecular formula is C13H20N2O2. The van der Waals surface area contributed by atoms with E-state index in [0.29, 0.717) is 26.1 Å². The van der Waals surface area contributed by atoms with Gasteiger partial charge in [-0.15, -0.1) is 0 Å². The zero-order chi connectivity index (χ0) is 12.7. The molecule has 1 aromatic carbocycles. The van der Waals surface area contributed by atoms with Crippen LogP contribution in [0.15, 0.2) is 24.3 Å². The maximum Gasteiger partial charge on any atom is 0.317 e. The predicted octanol–water partition coefficient (Wildman–Crippen LogP) is 1.99. The molecule has 0 unspecified atom stereocenters. The van der Waals surface area contributed by atoms with E-state index in [4.69, 9.17) is 0 Å². The molecule has 0 heterocycles. The van der Waals surface area contributed by atoms with Crippen LogP contribution in [0.2, 0.25) is 0 Å². The van der Waals surface area contributed by atoms with Gasteiger partial charge in [0.2, 0.25) is 0 Å². The van der Waals surface area contributed by atoms with Crippen molar-refractivity contribution >= 4 is 6.03 Å². The van der Waals surface area contributed by atoms with Crippen molar-refractivity contribution in [2.75, 3.05) is 19.6 Å². The third-order valence-corrected chi connectivity index (χ3v) is 2.71. The SMILES string of the molecule is CCN(CC)C(=O)NCCc1ccccc1O. The molecule has 0 bridgehead atoms. The van der Waals surface area contributed by atoms with Crippen molar-refractivity contribution in [3.8, 4) is 5.75 Å². The van der Waals surface area contributed by atoms with Crippen LogP contribution >= 0.6 is 0 Å². The minimum Gasteiger partial charge on any atom is -0.508 e. The maximum absolute atomic E-state index is 11.6. The monoisotopic (exact) mass is 236 g/mol. The molecule has 0 radical (unpaired) electrons. The Morgan fingerprint density at radius 1 is 1.29 bits per heavy atom. The average molecular weight is 236 g/mol. The highest BCUT2D eigenvalue weighted by atomic mass is 16.3. The van der Waals surface area contributed by atoms with E-state index in [1.54, 1.807) is 17.0 Å². The molecule has 0 saturated carbocycles. The second-order valence-corrected chi connectivity index (χ2v) is 3.78. The minimum absolute atomic E-state index is 0.0505. The van der Waals surface area contributed by atoms with Gasteiger partial charge < -0.3 is 15.3 Å². The number of phenolic OH excluding ortho intramolecular Hbond substituents is 1. The van der Waals surface area contributed by atoms with Gasteiger partial charge >= 0.3 is 6.03 Å². The number of aromatic hydroxyl groups is 1. The van der Waals surface area contributed by atoms with E-state index in [0.717, 1.165) is 5.56 Å². The summed E-state index contributed by atoms with van der Waals surface area (Å²) in [5.74, 6) is 0.282. The molecule has 0 fully saturated rings. The summed E-state index contributed by atoms with van der Waals surface area (Å²) >= 11 is 0. The summed E-state index contributed by atoms with van der Waals surface area (Å²) in [6.07, 6.45) is 0.639.